The van der Waals surface area contributed by atoms with Gasteiger partial charge in [-0.15, -0.1) is 0 Å². The lowest BCUT2D eigenvalue weighted by molar-refractivity contribution is -0.136. The molecule has 11 heteroatoms. The van der Waals surface area contributed by atoms with E-state index in [1.165, 1.54) is 22.4 Å². The molecule has 0 aliphatic carbocycles. The fourth-order valence-electron chi connectivity index (χ4n) is 5.37. The number of benzene rings is 3. The van der Waals surface area contributed by atoms with Crippen molar-refractivity contribution in [1.82, 2.24) is 4.31 Å². The summed E-state index contributed by atoms with van der Waals surface area (Å²) >= 11 is 12.3. The fraction of sp³-hybridized carbons (Fsp3) is 0.200. The molecular weight excluding hydrogens is 647 g/mol. The molecule has 1 amide bonds. The number of sulfonamides is 1. The minimum atomic E-state index is -3.98. The van der Waals surface area contributed by atoms with Crippen molar-refractivity contribution in [3.8, 4) is 0 Å². The van der Waals surface area contributed by atoms with Gasteiger partial charge in [0.05, 0.1) is 39.7 Å². The highest BCUT2D eigenvalue weighted by Crippen LogP contribution is 2.36. The summed E-state index contributed by atoms with van der Waals surface area (Å²) in [6, 6.07) is 20.5. The number of hydrogen-bond acceptors (Lipinski definition) is 6. The van der Waals surface area contributed by atoms with Crippen molar-refractivity contribution >= 4 is 56.9 Å². The fourth-order valence-corrected chi connectivity index (χ4v) is 7.09. The van der Waals surface area contributed by atoms with E-state index in [2.05, 4.69) is 0 Å². The summed E-state index contributed by atoms with van der Waals surface area (Å²) in [5.74, 6) is -0.492. The van der Waals surface area contributed by atoms with Gasteiger partial charge in [-0.25, -0.2) is 13.2 Å². The Bertz CT molecular complexity index is 1990. The molecule has 0 atom stereocenters. The Kier molecular flexibility index (Phi) is 9.60. The smallest absolute Gasteiger partial charge is 0.340 e. The Balaban J connectivity index is 1.50. The maximum absolute atomic E-state index is 13.8. The quantitative estimate of drug-likeness (QED) is 0.132. The van der Waals surface area contributed by atoms with Crippen LogP contribution in [0.25, 0.3) is 6.08 Å². The molecule has 1 aliphatic rings. The number of rotatable bonds is 9. The van der Waals surface area contributed by atoms with Crippen LogP contribution in [0.3, 0.4) is 0 Å². The number of allylic oxidation sites excluding steroid dienone is 1. The van der Waals surface area contributed by atoms with Crippen LogP contribution in [-0.4, -0.2) is 31.7 Å². The first kappa shape index (κ1) is 33.2. The highest BCUT2D eigenvalue weighted by atomic mass is 35.5. The number of furan rings is 1. The van der Waals surface area contributed by atoms with Gasteiger partial charge >= 0.3 is 5.97 Å². The zero-order valence-electron chi connectivity index (χ0n) is 25.9. The highest BCUT2D eigenvalue weighted by molar-refractivity contribution is 7.89. The van der Waals surface area contributed by atoms with E-state index >= 15 is 0 Å². The number of carbonyl (C=O) groups is 2. The van der Waals surface area contributed by atoms with Crippen LogP contribution in [0.5, 0.6) is 0 Å². The van der Waals surface area contributed by atoms with Crippen molar-refractivity contribution in [2.45, 2.75) is 45.7 Å². The number of nitrogens with zero attached hydrogens (tertiary/aromatic N) is 2. The molecule has 0 bridgehead atoms. The molecule has 0 fully saturated rings. The van der Waals surface area contributed by atoms with Crippen molar-refractivity contribution in [1.29, 1.82) is 0 Å². The van der Waals surface area contributed by atoms with Crippen molar-refractivity contribution in [3.63, 3.8) is 0 Å². The number of ether oxygens (including phenoxy) is 1. The lowest BCUT2D eigenvalue weighted by atomic mass is 10.1. The number of esters is 1. The minimum Gasteiger partial charge on any atom is -0.465 e. The Hall–Kier alpha value is -4.15. The standard InChI is InChI=1S/C35H32Cl2N2O6S/c1-21-6-11-29(12-7-21)46(42,43)38(19-25-8-13-31(36)32(37)17-25)20-28-10-9-27(45-28)18-30-33(35(41)44-5)24(4)39(34(30)40)26-15-22(2)14-23(3)16-26/h6-18H,19-20H2,1-5H3/b30-18+. The van der Waals surface area contributed by atoms with Crippen LogP contribution >= 0.6 is 23.2 Å². The topological polar surface area (TPSA) is 97.1 Å². The van der Waals surface area contributed by atoms with Crippen molar-refractivity contribution in [3.05, 3.63) is 133 Å². The highest BCUT2D eigenvalue weighted by Gasteiger charge is 2.38. The van der Waals surface area contributed by atoms with E-state index in [1.807, 2.05) is 39.0 Å². The second kappa shape index (κ2) is 13.3. The lowest BCUT2D eigenvalue weighted by Crippen LogP contribution is -2.30. The zero-order valence-corrected chi connectivity index (χ0v) is 28.3. The third kappa shape index (κ3) is 6.83. The average Bonchev–Trinajstić information content (AvgIpc) is 3.54. The summed E-state index contributed by atoms with van der Waals surface area (Å²) in [6.45, 7) is 7.29. The average molecular weight is 680 g/mol. The van der Waals surface area contributed by atoms with Gasteiger partial charge in [0.2, 0.25) is 10.0 Å². The molecule has 2 heterocycles. The zero-order chi connectivity index (χ0) is 33.3. The summed E-state index contributed by atoms with van der Waals surface area (Å²) in [4.78, 5) is 28.3. The number of amides is 1. The second-order valence-electron chi connectivity index (χ2n) is 11.1. The SMILES string of the molecule is COC(=O)C1=C(C)N(c2cc(C)cc(C)c2)C(=O)/C1=C/c1ccc(CN(Cc2ccc(Cl)c(Cl)c2)S(=O)(=O)c2ccc(C)cc2)o1. The number of hydrogen-bond donors (Lipinski definition) is 0. The van der Waals surface area contributed by atoms with Gasteiger partial charge in [-0.3, -0.25) is 9.69 Å². The van der Waals surface area contributed by atoms with Crippen LogP contribution in [0.15, 0.2) is 99.0 Å². The molecule has 3 aromatic carbocycles. The van der Waals surface area contributed by atoms with Crippen molar-refractivity contribution in [2.24, 2.45) is 0 Å². The van der Waals surface area contributed by atoms with E-state index in [9.17, 15) is 18.0 Å². The van der Waals surface area contributed by atoms with Crippen LogP contribution in [0.1, 0.15) is 40.7 Å². The van der Waals surface area contributed by atoms with E-state index in [0.717, 1.165) is 16.7 Å². The largest absolute Gasteiger partial charge is 0.465 e. The van der Waals surface area contributed by atoms with Gasteiger partial charge in [-0.1, -0.05) is 53.0 Å². The number of carbonyl (C=O) groups excluding carboxylic acids is 2. The van der Waals surface area contributed by atoms with E-state index in [0.29, 0.717) is 32.8 Å². The van der Waals surface area contributed by atoms with Crippen LogP contribution < -0.4 is 4.90 Å². The first-order chi connectivity index (χ1) is 21.8. The molecule has 8 nitrogen and oxygen atoms in total. The molecule has 1 aromatic heterocycles. The van der Waals surface area contributed by atoms with Gasteiger partial charge in [0.15, 0.2) is 0 Å². The maximum Gasteiger partial charge on any atom is 0.340 e. The number of aryl methyl sites for hydroxylation is 3. The van der Waals surface area contributed by atoms with E-state index < -0.39 is 21.9 Å². The molecule has 0 unspecified atom stereocenters. The summed E-state index contributed by atoms with van der Waals surface area (Å²) in [5, 5.41) is 0.662. The molecule has 46 heavy (non-hydrogen) atoms. The summed E-state index contributed by atoms with van der Waals surface area (Å²) in [5.41, 5.74) is 4.76. The Labute approximate surface area is 278 Å². The third-order valence-corrected chi connectivity index (χ3v) is 10.1. The molecule has 5 rings (SSSR count). The normalized spacial score (nSPS) is 14.6. The van der Waals surface area contributed by atoms with Crippen molar-refractivity contribution < 1.29 is 27.2 Å². The summed E-state index contributed by atoms with van der Waals surface area (Å²) < 4.78 is 40.1. The molecule has 0 saturated heterocycles. The summed E-state index contributed by atoms with van der Waals surface area (Å²) in [6.07, 6.45) is 1.47. The Morgan fingerprint density at radius 3 is 2.17 bits per heavy atom. The minimum absolute atomic E-state index is 0.0119. The van der Waals surface area contributed by atoms with Crippen LogP contribution in [0.4, 0.5) is 5.69 Å². The monoisotopic (exact) mass is 678 g/mol. The van der Waals surface area contributed by atoms with E-state index in [1.54, 1.807) is 61.5 Å². The summed E-state index contributed by atoms with van der Waals surface area (Å²) in [7, 11) is -2.73. The number of methoxy groups -OCH3 is 1. The van der Waals surface area contributed by atoms with Crippen LogP contribution in [0, 0.1) is 20.8 Å². The first-order valence-electron chi connectivity index (χ1n) is 14.3. The van der Waals surface area contributed by atoms with Gasteiger partial charge < -0.3 is 9.15 Å². The molecule has 0 saturated carbocycles. The van der Waals surface area contributed by atoms with Gasteiger partial charge in [0, 0.05) is 17.9 Å². The van der Waals surface area contributed by atoms with Gasteiger partial charge in [0.1, 0.15) is 11.5 Å². The predicted molar refractivity (Wildman–Crippen MR) is 179 cm³/mol. The molecule has 238 valence electrons. The molecule has 0 N–H and O–H groups in total. The molecule has 1 aliphatic heterocycles. The van der Waals surface area contributed by atoms with Crippen molar-refractivity contribution in [2.75, 3.05) is 12.0 Å². The van der Waals surface area contributed by atoms with Gasteiger partial charge in [-0.2, -0.15) is 4.31 Å². The molecule has 0 spiro atoms. The van der Waals surface area contributed by atoms with Gasteiger partial charge in [-0.05, 0) is 99.0 Å². The number of anilines is 1. The maximum atomic E-state index is 13.8. The van der Waals surface area contributed by atoms with Crippen LogP contribution in [-0.2, 0) is 37.4 Å². The van der Waals surface area contributed by atoms with Crippen LogP contribution in [0.2, 0.25) is 10.0 Å². The Morgan fingerprint density at radius 2 is 1.54 bits per heavy atom. The lowest BCUT2D eigenvalue weighted by Gasteiger charge is -2.22. The predicted octanol–water partition coefficient (Wildman–Crippen LogP) is 7.78. The molecule has 0 radical (unpaired) electrons. The number of halogens is 2. The first-order valence-corrected chi connectivity index (χ1v) is 16.5. The molecule has 4 aromatic rings. The Morgan fingerprint density at radius 1 is 0.870 bits per heavy atom. The molecular formula is C35H32Cl2N2O6S. The third-order valence-electron chi connectivity index (χ3n) is 7.56. The van der Waals surface area contributed by atoms with Gasteiger partial charge in [0.25, 0.3) is 5.91 Å². The van der Waals surface area contributed by atoms with E-state index in [4.69, 9.17) is 32.4 Å². The second-order valence-corrected chi connectivity index (χ2v) is 13.9. The van der Waals surface area contributed by atoms with E-state index in [-0.39, 0.29) is 34.9 Å².